The number of carbonyl (C=O) groups is 2. The third-order valence-corrected chi connectivity index (χ3v) is 7.11. The van der Waals surface area contributed by atoms with Crippen molar-refractivity contribution in [3.63, 3.8) is 0 Å². The van der Waals surface area contributed by atoms with Gasteiger partial charge in [0.15, 0.2) is 0 Å². The molecule has 32 heavy (non-hydrogen) atoms. The van der Waals surface area contributed by atoms with E-state index in [4.69, 9.17) is 10.2 Å². The van der Waals surface area contributed by atoms with Crippen LogP contribution in [0.2, 0.25) is 0 Å². The fraction of sp³-hybridized carbons (Fsp3) is 0.100. The first-order chi connectivity index (χ1) is 15.2. The van der Waals surface area contributed by atoms with Crippen LogP contribution in [0.15, 0.2) is 70.2 Å². The Labute approximate surface area is 186 Å². The van der Waals surface area contributed by atoms with Gasteiger partial charge in [0.2, 0.25) is 15.8 Å². The van der Waals surface area contributed by atoms with Crippen molar-refractivity contribution in [2.75, 3.05) is 7.05 Å². The van der Waals surface area contributed by atoms with Crippen LogP contribution in [0.3, 0.4) is 0 Å². The van der Waals surface area contributed by atoms with E-state index in [0.29, 0.717) is 24.3 Å². The molecule has 0 aliphatic heterocycles. The van der Waals surface area contributed by atoms with Gasteiger partial charge in [0.05, 0.1) is 4.90 Å². The fourth-order valence-corrected chi connectivity index (χ4v) is 5.50. The van der Waals surface area contributed by atoms with E-state index < -0.39 is 27.7 Å². The van der Waals surface area contributed by atoms with E-state index in [9.17, 15) is 22.4 Å². The van der Waals surface area contributed by atoms with E-state index in [0.717, 1.165) is 16.2 Å². The number of aliphatic carboxylic acids is 2. The van der Waals surface area contributed by atoms with Crippen LogP contribution < -0.4 is 5.32 Å². The minimum absolute atomic E-state index is 0.0772. The number of thiophene rings is 1. The van der Waals surface area contributed by atoms with E-state index in [1.807, 2.05) is 0 Å². The van der Waals surface area contributed by atoms with Gasteiger partial charge in [-0.15, -0.1) is 11.3 Å². The summed E-state index contributed by atoms with van der Waals surface area (Å²) in [6.07, 6.45) is 5.23. The molecule has 0 aliphatic rings. The molecule has 3 heterocycles. The number of nitrogens with one attached hydrogen (secondary N) is 1. The number of carboxylic acids is 2. The van der Waals surface area contributed by atoms with E-state index in [2.05, 4.69) is 15.3 Å². The van der Waals surface area contributed by atoms with Crippen molar-refractivity contribution < 1.29 is 32.6 Å². The molecule has 0 aliphatic carbocycles. The van der Waals surface area contributed by atoms with Crippen molar-refractivity contribution in [2.24, 2.45) is 0 Å². The van der Waals surface area contributed by atoms with Gasteiger partial charge in [-0.2, -0.15) is 4.39 Å². The topological polar surface area (TPSA) is 147 Å². The van der Waals surface area contributed by atoms with Crippen LogP contribution in [0.1, 0.15) is 4.88 Å². The predicted octanol–water partition coefficient (Wildman–Crippen LogP) is 2.61. The lowest BCUT2D eigenvalue weighted by Crippen LogP contribution is -2.03. The van der Waals surface area contributed by atoms with Crippen LogP contribution in [0.5, 0.6) is 0 Å². The van der Waals surface area contributed by atoms with E-state index >= 15 is 0 Å². The molecule has 0 aromatic carbocycles. The summed E-state index contributed by atoms with van der Waals surface area (Å²) in [6, 6.07) is 7.82. The van der Waals surface area contributed by atoms with E-state index in [1.165, 1.54) is 30.7 Å². The molecule has 0 fully saturated rings. The number of halogens is 1. The Hall–Kier alpha value is -3.48. The highest BCUT2D eigenvalue weighted by molar-refractivity contribution is 7.93. The Kier molecular flexibility index (Phi) is 8.70. The summed E-state index contributed by atoms with van der Waals surface area (Å²) < 4.78 is 40.1. The summed E-state index contributed by atoms with van der Waals surface area (Å²) in [7, 11) is -2.03. The maximum Gasteiger partial charge on any atom is 0.328 e. The smallest absolute Gasteiger partial charge is 0.328 e. The van der Waals surface area contributed by atoms with Gasteiger partial charge in [-0.05, 0) is 37.4 Å². The second-order valence-corrected chi connectivity index (χ2v) is 9.27. The quantitative estimate of drug-likeness (QED) is 0.344. The lowest BCUT2D eigenvalue weighted by Gasteiger charge is -2.06. The van der Waals surface area contributed by atoms with Gasteiger partial charge in [-0.3, -0.25) is 4.98 Å². The SMILES string of the molecule is CNCc1cc(-c2cccnc2F)c(S(=O)(=O)c2cccnc2)s1.O=C(O)/C=C/C(=O)O. The minimum Gasteiger partial charge on any atom is -0.478 e. The first-order valence-corrected chi connectivity index (χ1v) is 11.1. The summed E-state index contributed by atoms with van der Waals surface area (Å²) in [6.45, 7) is 0.488. The number of hydrogen-bond donors (Lipinski definition) is 3. The highest BCUT2D eigenvalue weighted by Gasteiger charge is 2.27. The van der Waals surface area contributed by atoms with Gasteiger partial charge in [0, 0.05) is 53.3 Å². The van der Waals surface area contributed by atoms with Gasteiger partial charge in [0.1, 0.15) is 4.21 Å². The van der Waals surface area contributed by atoms with Crippen molar-refractivity contribution >= 4 is 33.1 Å². The zero-order valence-corrected chi connectivity index (χ0v) is 18.2. The highest BCUT2D eigenvalue weighted by Crippen LogP contribution is 2.38. The minimum atomic E-state index is -3.80. The van der Waals surface area contributed by atoms with Crippen LogP contribution >= 0.6 is 11.3 Å². The zero-order valence-electron chi connectivity index (χ0n) is 16.6. The number of hydrogen-bond acceptors (Lipinski definition) is 8. The number of nitrogens with zero attached hydrogens (tertiary/aromatic N) is 2. The number of carboxylic acid groups (broad SMARTS) is 2. The molecule has 0 unspecified atom stereocenters. The van der Waals surface area contributed by atoms with Crippen molar-refractivity contribution in [2.45, 2.75) is 15.6 Å². The van der Waals surface area contributed by atoms with Gasteiger partial charge in [0.25, 0.3) is 0 Å². The molecule has 0 spiro atoms. The molecule has 3 aromatic rings. The Morgan fingerprint density at radius 3 is 2.31 bits per heavy atom. The van der Waals surface area contributed by atoms with E-state index in [1.54, 1.807) is 25.2 Å². The molecule has 3 aromatic heterocycles. The second kappa shape index (κ2) is 11.2. The Bertz CT molecular complexity index is 1210. The van der Waals surface area contributed by atoms with Crippen molar-refractivity contribution in [3.05, 3.63) is 71.9 Å². The zero-order chi connectivity index (χ0) is 23.7. The maximum absolute atomic E-state index is 14.1. The molecule has 0 saturated carbocycles. The van der Waals surface area contributed by atoms with Crippen LogP contribution in [-0.4, -0.2) is 47.6 Å². The fourth-order valence-electron chi connectivity index (χ4n) is 2.41. The molecule has 0 saturated heterocycles. The van der Waals surface area contributed by atoms with Gasteiger partial charge >= 0.3 is 11.9 Å². The standard InChI is InChI=1S/C16H14FN3O2S2.C4H4O4/c1-18-9-11-8-14(13-5-3-7-20-15(13)17)16(23-11)24(21,22)12-4-2-6-19-10-12;5-3(6)1-2-4(7)8/h2-8,10,18H,9H2,1H3;1-2H,(H,5,6)(H,7,8)/b;2-1+. The molecule has 9 nitrogen and oxygen atoms in total. The first-order valence-electron chi connectivity index (χ1n) is 8.84. The lowest BCUT2D eigenvalue weighted by atomic mass is 10.1. The van der Waals surface area contributed by atoms with Gasteiger partial charge < -0.3 is 15.5 Å². The largest absolute Gasteiger partial charge is 0.478 e. The first kappa shape index (κ1) is 24.8. The summed E-state index contributed by atoms with van der Waals surface area (Å²) in [5.74, 6) is -3.21. The van der Waals surface area contributed by atoms with Crippen LogP contribution in [-0.2, 0) is 26.0 Å². The normalized spacial score (nSPS) is 11.1. The van der Waals surface area contributed by atoms with Crippen molar-refractivity contribution in [1.29, 1.82) is 0 Å². The van der Waals surface area contributed by atoms with E-state index in [-0.39, 0.29) is 14.7 Å². The number of pyridine rings is 2. The molecule has 168 valence electrons. The molecule has 0 radical (unpaired) electrons. The Balaban J connectivity index is 0.000000390. The highest BCUT2D eigenvalue weighted by atomic mass is 32.2. The third kappa shape index (κ3) is 6.51. The van der Waals surface area contributed by atoms with Crippen LogP contribution in [0.25, 0.3) is 11.1 Å². The molecule has 3 N–H and O–H groups in total. The van der Waals surface area contributed by atoms with Crippen molar-refractivity contribution in [1.82, 2.24) is 15.3 Å². The lowest BCUT2D eigenvalue weighted by molar-refractivity contribution is -0.134. The number of rotatable bonds is 7. The molecular formula is C20H18FN3O6S2. The maximum atomic E-state index is 14.1. The molecule has 12 heteroatoms. The number of aromatic nitrogens is 2. The molecule has 0 atom stereocenters. The van der Waals surface area contributed by atoms with Crippen LogP contribution in [0, 0.1) is 5.95 Å². The molecular weight excluding hydrogens is 461 g/mol. The Morgan fingerprint density at radius 2 is 1.78 bits per heavy atom. The summed E-state index contributed by atoms with van der Waals surface area (Å²) in [5, 5.41) is 18.6. The Morgan fingerprint density at radius 1 is 1.12 bits per heavy atom. The number of sulfone groups is 1. The monoisotopic (exact) mass is 479 g/mol. The summed E-state index contributed by atoms with van der Waals surface area (Å²) in [5.41, 5.74) is 0.485. The summed E-state index contributed by atoms with van der Waals surface area (Å²) in [4.78, 5) is 27.5. The van der Waals surface area contributed by atoms with Crippen molar-refractivity contribution in [3.8, 4) is 11.1 Å². The van der Waals surface area contributed by atoms with Crippen LogP contribution in [0.4, 0.5) is 4.39 Å². The van der Waals surface area contributed by atoms with Gasteiger partial charge in [-0.25, -0.2) is 23.0 Å². The summed E-state index contributed by atoms with van der Waals surface area (Å²) >= 11 is 1.12. The average Bonchev–Trinajstić information content (AvgIpc) is 3.18. The molecule has 0 amide bonds. The second-order valence-electron chi connectivity index (χ2n) is 5.99. The molecule has 0 bridgehead atoms. The predicted molar refractivity (Wildman–Crippen MR) is 114 cm³/mol. The average molecular weight is 480 g/mol. The van der Waals surface area contributed by atoms with Gasteiger partial charge in [-0.1, -0.05) is 0 Å². The third-order valence-electron chi connectivity index (χ3n) is 3.71. The molecule has 3 rings (SSSR count).